The van der Waals surface area contributed by atoms with Crippen LogP contribution in [0.2, 0.25) is 0 Å². The number of halogens is 1. The third-order valence-corrected chi connectivity index (χ3v) is 3.22. The molecule has 1 heterocycles. The van der Waals surface area contributed by atoms with Crippen LogP contribution in [0.3, 0.4) is 0 Å². The van der Waals surface area contributed by atoms with Crippen molar-refractivity contribution in [1.82, 2.24) is 4.98 Å². The van der Waals surface area contributed by atoms with Crippen molar-refractivity contribution in [2.75, 3.05) is 5.43 Å². The number of hydrazine groups is 1. The largest absolute Gasteiger partial charge is 0.370 e. The Hall–Kier alpha value is -1.43. The van der Waals surface area contributed by atoms with Gasteiger partial charge in [0.05, 0.1) is 24.6 Å². The van der Waals surface area contributed by atoms with E-state index in [2.05, 4.69) is 26.3 Å². The number of nitrogens with zero attached hydrogens (tertiary/aromatic N) is 1. The summed E-state index contributed by atoms with van der Waals surface area (Å²) < 4.78 is 6.68. The summed E-state index contributed by atoms with van der Waals surface area (Å²) in [4.78, 5) is 4.21. The summed E-state index contributed by atoms with van der Waals surface area (Å²) in [6, 6.07) is 11.6. The van der Waals surface area contributed by atoms with E-state index in [0.717, 1.165) is 21.4 Å². The second-order valence-corrected chi connectivity index (χ2v) is 4.62. The number of benzene rings is 1. The Kier molecular flexibility index (Phi) is 4.69. The molecule has 0 amide bonds. The van der Waals surface area contributed by atoms with E-state index in [1.54, 1.807) is 12.3 Å². The van der Waals surface area contributed by atoms with Gasteiger partial charge in [0.1, 0.15) is 0 Å². The molecule has 0 saturated heterocycles. The molecule has 2 aromatic rings. The highest BCUT2D eigenvalue weighted by molar-refractivity contribution is 9.10. The van der Waals surface area contributed by atoms with Gasteiger partial charge in [-0.25, -0.2) is 0 Å². The van der Waals surface area contributed by atoms with E-state index >= 15 is 0 Å². The van der Waals surface area contributed by atoms with Gasteiger partial charge in [-0.15, -0.1) is 0 Å². The third kappa shape index (κ3) is 3.53. The van der Waals surface area contributed by atoms with Crippen molar-refractivity contribution >= 4 is 21.6 Å². The van der Waals surface area contributed by atoms with Crippen LogP contribution in [0.25, 0.3) is 0 Å². The molecule has 0 bridgehead atoms. The van der Waals surface area contributed by atoms with Crippen LogP contribution in [0.4, 0.5) is 5.69 Å². The summed E-state index contributed by atoms with van der Waals surface area (Å²) >= 11 is 3.48. The lowest BCUT2D eigenvalue weighted by Gasteiger charge is -2.07. The number of nitrogen functional groups attached to an aromatic ring is 1. The minimum Gasteiger partial charge on any atom is -0.370 e. The number of hydrogen-bond donors (Lipinski definition) is 2. The van der Waals surface area contributed by atoms with Crippen LogP contribution in [0.1, 0.15) is 11.3 Å². The van der Waals surface area contributed by atoms with Gasteiger partial charge in [0.15, 0.2) is 0 Å². The van der Waals surface area contributed by atoms with Crippen molar-refractivity contribution in [2.24, 2.45) is 5.84 Å². The maximum absolute atomic E-state index is 5.62. The van der Waals surface area contributed by atoms with E-state index in [9.17, 15) is 0 Å². The van der Waals surface area contributed by atoms with Crippen molar-refractivity contribution in [2.45, 2.75) is 13.2 Å². The standard InChI is InChI=1S/C13H14BrN3O/c14-13-4-2-1-3-10(13)8-18-9-12-7-11(17-15)5-6-16-12/h1-7H,8-9,15H2,(H,16,17). The first-order valence-corrected chi connectivity index (χ1v) is 6.31. The van der Waals surface area contributed by atoms with E-state index in [1.165, 1.54) is 0 Å². The molecule has 0 aliphatic rings. The Morgan fingerprint density at radius 3 is 2.83 bits per heavy atom. The molecule has 4 nitrogen and oxygen atoms in total. The van der Waals surface area contributed by atoms with Crippen LogP contribution in [-0.2, 0) is 18.0 Å². The zero-order chi connectivity index (χ0) is 12.8. The van der Waals surface area contributed by atoms with Crippen molar-refractivity contribution in [3.63, 3.8) is 0 Å². The number of rotatable bonds is 5. The summed E-state index contributed by atoms with van der Waals surface area (Å²) in [5.41, 5.74) is 5.37. The predicted molar refractivity (Wildman–Crippen MR) is 74.7 cm³/mol. The van der Waals surface area contributed by atoms with Gasteiger partial charge in [-0.05, 0) is 23.8 Å². The molecule has 1 aromatic carbocycles. The third-order valence-electron chi connectivity index (χ3n) is 2.45. The molecule has 0 spiro atoms. The van der Waals surface area contributed by atoms with Gasteiger partial charge in [-0.1, -0.05) is 34.1 Å². The average molecular weight is 308 g/mol. The molecule has 1 aromatic heterocycles. The fraction of sp³-hybridized carbons (Fsp3) is 0.154. The Morgan fingerprint density at radius 1 is 1.22 bits per heavy atom. The molecule has 94 valence electrons. The Morgan fingerprint density at radius 2 is 2.06 bits per heavy atom. The number of anilines is 1. The van der Waals surface area contributed by atoms with E-state index in [4.69, 9.17) is 10.6 Å². The van der Waals surface area contributed by atoms with Crippen LogP contribution in [0.5, 0.6) is 0 Å². The number of nitrogens with two attached hydrogens (primary N) is 1. The SMILES string of the molecule is NNc1ccnc(COCc2ccccc2Br)c1. The van der Waals surface area contributed by atoms with E-state index in [-0.39, 0.29) is 0 Å². The summed E-state index contributed by atoms with van der Waals surface area (Å²) in [6.45, 7) is 1.00. The van der Waals surface area contributed by atoms with Gasteiger partial charge in [-0.3, -0.25) is 10.8 Å². The fourth-order valence-electron chi connectivity index (χ4n) is 1.53. The van der Waals surface area contributed by atoms with Gasteiger partial charge in [0.2, 0.25) is 0 Å². The first-order chi connectivity index (χ1) is 8.79. The van der Waals surface area contributed by atoms with E-state index in [0.29, 0.717) is 13.2 Å². The van der Waals surface area contributed by atoms with Crippen LogP contribution in [0.15, 0.2) is 47.1 Å². The normalized spacial score (nSPS) is 10.3. The lowest BCUT2D eigenvalue weighted by atomic mass is 10.2. The zero-order valence-electron chi connectivity index (χ0n) is 9.77. The lowest BCUT2D eigenvalue weighted by Crippen LogP contribution is -2.07. The molecule has 3 N–H and O–H groups in total. The van der Waals surface area contributed by atoms with Crippen LogP contribution in [0, 0.1) is 0 Å². The van der Waals surface area contributed by atoms with Crippen LogP contribution < -0.4 is 11.3 Å². The number of ether oxygens (including phenoxy) is 1. The summed E-state index contributed by atoms with van der Waals surface area (Å²) in [5.74, 6) is 5.33. The highest BCUT2D eigenvalue weighted by Gasteiger charge is 2.00. The first kappa shape index (κ1) is 13.0. The maximum Gasteiger partial charge on any atom is 0.0893 e. The van der Waals surface area contributed by atoms with Gasteiger partial charge in [-0.2, -0.15) is 0 Å². The smallest absolute Gasteiger partial charge is 0.0893 e. The van der Waals surface area contributed by atoms with Crippen molar-refractivity contribution in [3.8, 4) is 0 Å². The summed E-state index contributed by atoms with van der Waals surface area (Å²) in [7, 11) is 0. The van der Waals surface area contributed by atoms with E-state index in [1.807, 2.05) is 30.3 Å². The molecule has 0 atom stereocenters. The predicted octanol–water partition coefficient (Wildman–Crippen LogP) is 2.85. The highest BCUT2D eigenvalue weighted by atomic mass is 79.9. The van der Waals surface area contributed by atoms with E-state index < -0.39 is 0 Å². The quantitative estimate of drug-likeness (QED) is 0.659. The second kappa shape index (κ2) is 6.49. The fourth-order valence-corrected chi connectivity index (χ4v) is 1.93. The van der Waals surface area contributed by atoms with Crippen molar-refractivity contribution in [1.29, 1.82) is 0 Å². The zero-order valence-corrected chi connectivity index (χ0v) is 11.4. The number of hydrogen-bond acceptors (Lipinski definition) is 4. The van der Waals surface area contributed by atoms with Crippen LogP contribution in [-0.4, -0.2) is 4.98 Å². The maximum atomic E-state index is 5.62. The van der Waals surface area contributed by atoms with Gasteiger partial charge in [0, 0.05) is 10.7 Å². The van der Waals surface area contributed by atoms with Crippen LogP contribution >= 0.6 is 15.9 Å². The molecule has 0 unspecified atom stereocenters. The minimum absolute atomic E-state index is 0.455. The highest BCUT2D eigenvalue weighted by Crippen LogP contribution is 2.17. The Bertz CT molecular complexity index is 519. The molecule has 18 heavy (non-hydrogen) atoms. The second-order valence-electron chi connectivity index (χ2n) is 3.76. The molecular formula is C13H14BrN3O. The molecule has 5 heteroatoms. The van der Waals surface area contributed by atoms with Gasteiger partial charge >= 0.3 is 0 Å². The molecular weight excluding hydrogens is 294 g/mol. The average Bonchev–Trinajstić information content (AvgIpc) is 2.41. The molecule has 0 fully saturated rings. The number of pyridine rings is 1. The molecule has 0 aliphatic carbocycles. The van der Waals surface area contributed by atoms with Gasteiger partial charge < -0.3 is 10.2 Å². The number of aromatic nitrogens is 1. The molecule has 0 saturated carbocycles. The van der Waals surface area contributed by atoms with Crippen molar-refractivity contribution in [3.05, 3.63) is 58.3 Å². The molecule has 2 rings (SSSR count). The topological polar surface area (TPSA) is 60.2 Å². The first-order valence-electron chi connectivity index (χ1n) is 5.52. The Labute approximate surface area is 114 Å². The number of nitrogens with one attached hydrogen (secondary N) is 1. The summed E-state index contributed by atoms with van der Waals surface area (Å²) in [6.07, 6.45) is 1.70. The summed E-state index contributed by atoms with van der Waals surface area (Å²) in [5, 5.41) is 0. The van der Waals surface area contributed by atoms with Crippen molar-refractivity contribution < 1.29 is 4.74 Å². The Balaban J connectivity index is 1.90. The monoisotopic (exact) mass is 307 g/mol. The minimum atomic E-state index is 0.455. The molecule has 0 radical (unpaired) electrons. The molecule has 0 aliphatic heterocycles. The lowest BCUT2D eigenvalue weighted by molar-refractivity contribution is 0.104. The van der Waals surface area contributed by atoms with Gasteiger partial charge in [0.25, 0.3) is 0 Å².